The van der Waals surface area contributed by atoms with Gasteiger partial charge in [0.25, 0.3) is 11.1 Å². The molecule has 0 aliphatic carbocycles. The van der Waals surface area contributed by atoms with E-state index in [9.17, 15) is 32.3 Å². The minimum Gasteiger partial charge on any atom is -0.444 e. The zero-order chi connectivity index (χ0) is 28.5. The number of amides is 4. The first-order chi connectivity index (χ1) is 18.2. The van der Waals surface area contributed by atoms with E-state index in [1.54, 1.807) is 30.6 Å². The molecule has 1 unspecified atom stereocenters. The Bertz CT molecular complexity index is 1190. The number of carbonyl (C=O) groups is 4. The second-order valence-electron chi connectivity index (χ2n) is 10.7. The lowest BCUT2D eigenvalue weighted by molar-refractivity contribution is -0.138. The number of piperazine rings is 1. The number of nitrogens with one attached hydrogen (secondary N) is 1. The lowest BCUT2D eigenvalue weighted by Crippen LogP contribution is -2.53. The molecule has 3 fully saturated rings. The third-order valence-electron chi connectivity index (χ3n) is 6.64. The Morgan fingerprint density at radius 1 is 1.05 bits per heavy atom. The molecule has 212 valence electrons. The van der Waals surface area contributed by atoms with Gasteiger partial charge in [-0.15, -0.1) is 0 Å². The van der Waals surface area contributed by atoms with Crippen LogP contribution in [0.1, 0.15) is 44.7 Å². The number of hydrogen-bond donors (Lipinski definition) is 1. The Kier molecular flexibility index (Phi) is 8.20. The summed E-state index contributed by atoms with van der Waals surface area (Å²) in [6.45, 7) is 7.62. The van der Waals surface area contributed by atoms with Crippen molar-refractivity contribution in [1.82, 2.24) is 15.1 Å². The molecule has 0 bridgehead atoms. The lowest BCUT2D eigenvalue weighted by atomic mass is 9.96. The van der Waals surface area contributed by atoms with Crippen molar-refractivity contribution < 1.29 is 37.1 Å². The molecule has 3 heterocycles. The van der Waals surface area contributed by atoms with Gasteiger partial charge < -0.3 is 19.4 Å². The van der Waals surface area contributed by atoms with Gasteiger partial charge in [0.1, 0.15) is 5.60 Å². The van der Waals surface area contributed by atoms with Crippen molar-refractivity contribution in [2.45, 2.75) is 45.4 Å². The van der Waals surface area contributed by atoms with E-state index in [2.05, 4.69) is 5.32 Å². The van der Waals surface area contributed by atoms with Crippen molar-refractivity contribution in [3.8, 4) is 0 Å². The fraction of sp³-hybridized carbons (Fsp3) is 0.538. The molecule has 0 saturated carbocycles. The number of ether oxygens (including phenoxy) is 1. The van der Waals surface area contributed by atoms with Gasteiger partial charge in [-0.2, -0.15) is 13.2 Å². The van der Waals surface area contributed by atoms with E-state index >= 15 is 0 Å². The van der Waals surface area contributed by atoms with Crippen LogP contribution in [0.5, 0.6) is 0 Å². The smallest absolute Gasteiger partial charge is 0.416 e. The van der Waals surface area contributed by atoms with E-state index in [1.165, 1.54) is 12.1 Å². The number of halogens is 3. The zero-order valence-electron chi connectivity index (χ0n) is 22.0. The molecule has 9 nitrogen and oxygen atoms in total. The van der Waals surface area contributed by atoms with Gasteiger partial charge in [-0.05, 0) is 75.2 Å². The maximum absolute atomic E-state index is 13.4. The van der Waals surface area contributed by atoms with Crippen molar-refractivity contribution in [2.24, 2.45) is 5.92 Å². The molecule has 3 aliphatic rings. The second-order valence-corrected chi connectivity index (χ2v) is 11.7. The maximum atomic E-state index is 13.4. The summed E-state index contributed by atoms with van der Waals surface area (Å²) < 4.78 is 45.7. The van der Waals surface area contributed by atoms with E-state index in [4.69, 9.17) is 4.74 Å². The Hall–Kier alpha value is -3.22. The van der Waals surface area contributed by atoms with Crippen LogP contribution in [-0.4, -0.2) is 77.8 Å². The molecule has 3 saturated heterocycles. The number of benzene rings is 1. The monoisotopic (exact) mass is 568 g/mol. The van der Waals surface area contributed by atoms with Gasteiger partial charge in [-0.3, -0.25) is 19.7 Å². The number of alkyl halides is 3. The highest BCUT2D eigenvalue weighted by molar-refractivity contribution is 8.18. The molecule has 1 atom stereocenters. The normalized spacial score (nSPS) is 21.8. The van der Waals surface area contributed by atoms with Crippen LogP contribution >= 0.6 is 11.8 Å². The first-order valence-electron chi connectivity index (χ1n) is 12.7. The molecule has 39 heavy (non-hydrogen) atoms. The van der Waals surface area contributed by atoms with Gasteiger partial charge in [0.05, 0.1) is 16.4 Å². The number of nitrogens with zero attached hydrogens (tertiary/aromatic N) is 3. The summed E-state index contributed by atoms with van der Waals surface area (Å²) in [6.07, 6.45) is -2.38. The highest BCUT2D eigenvalue weighted by Crippen LogP contribution is 2.36. The third kappa shape index (κ3) is 7.06. The van der Waals surface area contributed by atoms with Gasteiger partial charge in [0.15, 0.2) is 0 Å². The number of anilines is 1. The average Bonchev–Trinajstić information content (AvgIpc) is 3.18. The van der Waals surface area contributed by atoms with E-state index in [-0.39, 0.29) is 28.8 Å². The Labute approximate surface area is 228 Å². The summed E-state index contributed by atoms with van der Waals surface area (Å²) in [6, 6.07) is 3.30. The fourth-order valence-corrected chi connectivity index (χ4v) is 5.47. The predicted molar refractivity (Wildman–Crippen MR) is 140 cm³/mol. The van der Waals surface area contributed by atoms with Crippen molar-refractivity contribution in [3.05, 3.63) is 34.2 Å². The number of thioether (sulfide) groups is 1. The highest BCUT2D eigenvalue weighted by Gasteiger charge is 2.35. The van der Waals surface area contributed by atoms with Gasteiger partial charge in [-0.25, -0.2) is 4.79 Å². The van der Waals surface area contributed by atoms with Gasteiger partial charge >= 0.3 is 12.3 Å². The van der Waals surface area contributed by atoms with E-state index in [0.29, 0.717) is 63.0 Å². The Morgan fingerprint density at radius 2 is 1.74 bits per heavy atom. The zero-order valence-corrected chi connectivity index (χ0v) is 22.8. The molecule has 0 aromatic heterocycles. The van der Waals surface area contributed by atoms with Crippen LogP contribution in [0.15, 0.2) is 23.1 Å². The Balaban J connectivity index is 1.45. The molecule has 0 spiro atoms. The number of rotatable bonds is 3. The van der Waals surface area contributed by atoms with Crippen LogP contribution in [0.3, 0.4) is 0 Å². The SMILES string of the molecule is CC(C)(C)OC(=O)N1CCCC(C(=O)N2CCN(c3ccc(C(F)(F)F)cc3/C=C3\SC(=O)NC3=O)CC2)C1. The summed E-state index contributed by atoms with van der Waals surface area (Å²) in [5, 5.41) is 1.52. The van der Waals surface area contributed by atoms with Crippen molar-refractivity contribution >= 4 is 46.7 Å². The van der Waals surface area contributed by atoms with E-state index in [0.717, 1.165) is 12.1 Å². The van der Waals surface area contributed by atoms with Crippen LogP contribution in [0.25, 0.3) is 6.08 Å². The molecule has 3 aliphatic heterocycles. The van der Waals surface area contributed by atoms with Crippen molar-refractivity contribution in [2.75, 3.05) is 44.2 Å². The van der Waals surface area contributed by atoms with Crippen LogP contribution < -0.4 is 10.2 Å². The maximum Gasteiger partial charge on any atom is 0.416 e. The van der Waals surface area contributed by atoms with Crippen LogP contribution in [-0.2, 0) is 20.5 Å². The summed E-state index contributed by atoms with van der Waals surface area (Å²) in [5.74, 6) is -1.06. The highest BCUT2D eigenvalue weighted by atomic mass is 32.2. The van der Waals surface area contributed by atoms with Crippen LogP contribution in [0.4, 0.5) is 28.4 Å². The molecule has 4 amide bonds. The molecular formula is C26H31F3N4O5S. The van der Waals surface area contributed by atoms with E-state index < -0.39 is 34.6 Å². The minimum absolute atomic E-state index is 0.0150. The van der Waals surface area contributed by atoms with Gasteiger partial charge in [0.2, 0.25) is 5.91 Å². The molecular weight excluding hydrogens is 537 g/mol. The lowest BCUT2D eigenvalue weighted by Gasteiger charge is -2.40. The summed E-state index contributed by atoms with van der Waals surface area (Å²) in [7, 11) is 0. The Morgan fingerprint density at radius 3 is 2.33 bits per heavy atom. The summed E-state index contributed by atoms with van der Waals surface area (Å²) in [4.78, 5) is 54.5. The van der Waals surface area contributed by atoms with Crippen LogP contribution in [0.2, 0.25) is 0 Å². The second kappa shape index (κ2) is 11.1. The number of likely N-dealkylation sites (tertiary alicyclic amines) is 1. The predicted octanol–water partition coefficient (Wildman–Crippen LogP) is 4.33. The number of hydrogen-bond acceptors (Lipinski definition) is 7. The molecule has 4 rings (SSSR count). The molecule has 13 heteroatoms. The molecule has 1 aromatic carbocycles. The average molecular weight is 569 g/mol. The summed E-state index contributed by atoms with van der Waals surface area (Å²) >= 11 is 0.634. The first-order valence-corrected chi connectivity index (χ1v) is 13.5. The van der Waals surface area contributed by atoms with Gasteiger partial charge in [-0.1, -0.05) is 0 Å². The number of carbonyl (C=O) groups excluding carboxylic acids is 4. The van der Waals surface area contributed by atoms with E-state index in [1.807, 2.05) is 4.90 Å². The van der Waals surface area contributed by atoms with Crippen molar-refractivity contribution in [3.63, 3.8) is 0 Å². The molecule has 1 N–H and O–H groups in total. The topological polar surface area (TPSA) is 99.3 Å². The fourth-order valence-electron chi connectivity index (χ4n) is 4.79. The first kappa shape index (κ1) is 28.8. The molecule has 1 aromatic rings. The summed E-state index contributed by atoms with van der Waals surface area (Å²) in [5.41, 5.74) is -0.859. The molecule has 0 radical (unpaired) electrons. The third-order valence-corrected chi connectivity index (χ3v) is 7.45. The van der Waals surface area contributed by atoms with Gasteiger partial charge in [0, 0.05) is 45.0 Å². The standard InChI is InChI=1S/C26H31F3N4O5S/c1-25(2,3)38-24(37)33-8-4-5-16(15-33)22(35)32-11-9-31(10-12-32)19-7-6-18(26(27,28)29)13-17(19)14-20-21(34)30-23(36)39-20/h6-7,13-14,16H,4-5,8-12,15H2,1-3H3,(H,30,34,36)/b20-14-. The van der Waals surface area contributed by atoms with Crippen molar-refractivity contribution in [1.29, 1.82) is 0 Å². The minimum atomic E-state index is -4.58. The number of piperidine rings is 1. The van der Waals surface area contributed by atoms with Crippen LogP contribution in [0, 0.1) is 5.92 Å². The quantitative estimate of drug-likeness (QED) is 0.542. The number of imide groups is 1. The largest absolute Gasteiger partial charge is 0.444 e.